The van der Waals surface area contributed by atoms with Crippen LogP contribution in [0.1, 0.15) is 11.1 Å². The van der Waals surface area contributed by atoms with Gasteiger partial charge in [-0.25, -0.2) is 4.90 Å². The van der Waals surface area contributed by atoms with E-state index < -0.39 is 17.9 Å². The number of aryl methyl sites for hydroxylation is 1. The van der Waals surface area contributed by atoms with Crippen molar-refractivity contribution in [1.82, 2.24) is 0 Å². The molecule has 0 bridgehead atoms. The summed E-state index contributed by atoms with van der Waals surface area (Å²) in [4.78, 5) is 31.9. The number of benzene rings is 2. The lowest BCUT2D eigenvalue weighted by atomic mass is 9.94. The van der Waals surface area contributed by atoms with Gasteiger partial charge < -0.3 is 4.84 Å². The van der Waals surface area contributed by atoms with Gasteiger partial charge in [0.25, 0.3) is 5.91 Å². The molecule has 0 N–H and O–H groups in total. The van der Waals surface area contributed by atoms with E-state index in [1.54, 1.807) is 36.4 Å². The van der Waals surface area contributed by atoms with Gasteiger partial charge in [0.1, 0.15) is 11.6 Å². The van der Waals surface area contributed by atoms with E-state index in [-0.39, 0.29) is 5.91 Å². The minimum Gasteiger partial charge on any atom is -0.381 e. The van der Waals surface area contributed by atoms with Crippen molar-refractivity contribution in [3.8, 4) is 0 Å². The largest absolute Gasteiger partial charge is 0.381 e. The molecular formula is C18H13ClN2O3. The quantitative estimate of drug-likeness (QED) is 0.790. The van der Waals surface area contributed by atoms with E-state index >= 15 is 0 Å². The van der Waals surface area contributed by atoms with Gasteiger partial charge in [-0.3, -0.25) is 9.59 Å². The number of imide groups is 1. The Labute approximate surface area is 143 Å². The summed E-state index contributed by atoms with van der Waals surface area (Å²) in [7, 11) is 0. The molecule has 1 saturated heterocycles. The highest BCUT2D eigenvalue weighted by Gasteiger charge is 2.56. The molecule has 120 valence electrons. The first kappa shape index (κ1) is 14.9. The van der Waals surface area contributed by atoms with Crippen molar-refractivity contribution >= 4 is 34.8 Å². The number of carbonyl (C=O) groups is 2. The molecule has 0 radical (unpaired) electrons. The fraction of sp³-hybridized carbons (Fsp3) is 0.167. The van der Waals surface area contributed by atoms with Crippen molar-refractivity contribution in [2.45, 2.75) is 13.0 Å². The first-order chi connectivity index (χ1) is 11.6. The smallest absolute Gasteiger partial charge is 0.278 e. The average molecular weight is 341 g/mol. The van der Waals surface area contributed by atoms with E-state index in [0.717, 1.165) is 5.56 Å². The lowest BCUT2D eigenvalue weighted by molar-refractivity contribution is -0.126. The Kier molecular flexibility index (Phi) is 3.39. The zero-order valence-corrected chi connectivity index (χ0v) is 13.5. The molecule has 2 atom stereocenters. The van der Waals surface area contributed by atoms with Crippen molar-refractivity contribution in [3.05, 3.63) is 64.7 Å². The van der Waals surface area contributed by atoms with Crippen LogP contribution in [0.15, 0.2) is 53.7 Å². The summed E-state index contributed by atoms with van der Waals surface area (Å²) in [5, 5.41) is 4.43. The minimum atomic E-state index is -0.926. The molecule has 0 saturated carbocycles. The molecule has 2 amide bonds. The van der Waals surface area contributed by atoms with E-state index in [9.17, 15) is 9.59 Å². The van der Waals surface area contributed by atoms with E-state index in [4.69, 9.17) is 16.4 Å². The number of fused-ring (bicyclic) bond motifs is 1. The number of rotatable bonds is 2. The summed E-state index contributed by atoms with van der Waals surface area (Å²) in [6, 6.07) is 14.3. The van der Waals surface area contributed by atoms with Crippen LogP contribution < -0.4 is 4.90 Å². The van der Waals surface area contributed by atoms with Crippen LogP contribution in [0.3, 0.4) is 0 Å². The van der Waals surface area contributed by atoms with Crippen LogP contribution in [0.25, 0.3) is 0 Å². The SMILES string of the molecule is Cc1ccc(N2C(=O)C3ON=C(c4ccccc4Cl)C3C2=O)cc1. The van der Waals surface area contributed by atoms with Crippen molar-refractivity contribution in [3.63, 3.8) is 0 Å². The third-order valence-corrected chi connectivity index (χ3v) is 4.58. The van der Waals surface area contributed by atoms with Crippen LogP contribution in [0.2, 0.25) is 5.02 Å². The fourth-order valence-electron chi connectivity index (χ4n) is 3.02. The zero-order chi connectivity index (χ0) is 16.8. The molecule has 1 fully saturated rings. The molecule has 0 spiro atoms. The molecule has 2 aromatic carbocycles. The molecule has 2 unspecified atom stereocenters. The second kappa shape index (κ2) is 5.46. The van der Waals surface area contributed by atoms with Gasteiger partial charge in [0, 0.05) is 10.6 Å². The lowest BCUT2D eigenvalue weighted by Gasteiger charge is -2.15. The third kappa shape index (κ3) is 2.12. The number of halogens is 1. The van der Waals surface area contributed by atoms with Crippen molar-refractivity contribution in [1.29, 1.82) is 0 Å². The predicted molar refractivity (Wildman–Crippen MR) is 90.0 cm³/mol. The number of hydrogen-bond acceptors (Lipinski definition) is 4. The Morgan fingerprint density at radius 1 is 1.04 bits per heavy atom. The maximum absolute atomic E-state index is 12.9. The molecule has 4 rings (SSSR count). The number of hydrogen-bond donors (Lipinski definition) is 0. The summed E-state index contributed by atoms with van der Waals surface area (Å²) >= 11 is 6.20. The molecule has 2 aliphatic rings. The van der Waals surface area contributed by atoms with Crippen molar-refractivity contribution in [2.75, 3.05) is 4.90 Å². The monoisotopic (exact) mass is 340 g/mol. The summed E-state index contributed by atoms with van der Waals surface area (Å²) in [6.45, 7) is 1.94. The Morgan fingerprint density at radius 2 is 1.75 bits per heavy atom. The molecule has 0 aliphatic carbocycles. The Morgan fingerprint density at radius 3 is 2.46 bits per heavy atom. The number of nitrogens with zero attached hydrogens (tertiary/aromatic N) is 2. The highest BCUT2D eigenvalue weighted by atomic mass is 35.5. The minimum absolute atomic E-state index is 0.343. The molecule has 24 heavy (non-hydrogen) atoms. The average Bonchev–Trinajstić information content (AvgIpc) is 3.10. The maximum atomic E-state index is 12.9. The molecule has 0 aromatic heterocycles. The van der Waals surface area contributed by atoms with Gasteiger partial charge in [-0.1, -0.05) is 52.7 Å². The molecule has 5 nitrogen and oxygen atoms in total. The maximum Gasteiger partial charge on any atom is 0.278 e. The lowest BCUT2D eigenvalue weighted by Crippen LogP contribution is -2.33. The Balaban J connectivity index is 1.73. The van der Waals surface area contributed by atoms with Crippen LogP contribution >= 0.6 is 11.6 Å². The van der Waals surface area contributed by atoms with Gasteiger partial charge in [-0.2, -0.15) is 0 Å². The highest BCUT2D eigenvalue weighted by Crippen LogP contribution is 2.36. The van der Waals surface area contributed by atoms with Crippen LogP contribution in [0.5, 0.6) is 0 Å². The summed E-state index contributed by atoms with van der Waals surface area (Å²) in [5.41, 5.74) is 2.59. The predicted octanol–water partition coefficient (Wildman–Crippen LogP) is 2.94. The second-order valence-corrected chi connectivity index (χ2v) is 6.21. The first-order valence-corrected chi connectivity index (χ1v) is 7.89. The normalized spacial score (nSPS) is 22.4. The molecule has 2 aromatic rings. The van der Waals surface area contributed by atoms with Gasteiger partial charge in [0.2, 0.25) is 12.0 Å². The van der Waals surface area contributed by atoms with E-state index in [0.29, 0.717) is 22.0 Å². The van der Waals surface area contributed by atoms with E-state index in [1.807, 2.05) is 19.1 Å². The van der Waals surface area contributed by atoms with Crippen LogP contribution in [0.4, 0.5) is 5.69 Å². The molecule has 2 heterocycles. The summed E-state index contributed by atoms with van der Waals surface area (Å²) in [5.74, 6) is -1.51. The second-order valence-electron chi connectivity index (χ2n) is 5.81. The van der Waals surface area contributed by atoms with Crippen LogP contribution in [0, 0.1) is 12.8 Å². The van der Waals surface area contributed by atoms with Crippen LogP contribution in [-0.4, -0.2) is 23.6 Å². The molecule has 2 aliphatic heterocycles. The summed E-state index contributed by atoms with van der Waals surface area (Å²) < 4.78 is 0. The topological polar surface area (TPSA) is 59.0 Å². The number of carbonyl (C=O) groups excluding carboxylic acids is 2. The first-order valence-electron chi connectivity index (χ1n) is 7.51. The Hall–Kier alpha value is -2.66. The number of anilines is 1. The van der Waals surface area contributed by atoms with Crippen molar-refractivity contribution in [2.24, 2.45) is 11.1 Å². The molecule has 6 heteroatoms. The Bertz CT molecular complexity index is 876. The molecular weight excluding hydrogens is 328 g/mol. The highest BCUT2D eigenvalue weighted by molar-refractivity contribution is 6.38. The number of oxime groups is 1. The van der Waals surface area contributed by atoms with Gasteiger partial charge in [0.15, 0.2) is 0 Å². The van der Waals surface area contributed by atoms with Gasteiger partial charge >= 0.3 is 0 Å². The van der Waals surface area contributed by atoms with Gasteiger partial charge in [-0.05, 0) is 25.1 Å². The number of amides is 2. The zero-order valence-electron chi connectivity index (χ0n) is 12.8. The standard InChI is InChI=1S/C18H13ClN2O3/c1-10-6-8-11(9-7-10)21-17(22)14-15(20-24-16(14)18(21)23)12-4-2-3-5-13(12)19/h2-9,14,16H,1H3. The van der Waals surface area contributed by atoms with E-state index in [2.05, 4.69) is 5.16 Å². The van der Waals surface area contributed by atoms with E-state index in [1.165, 1.54) is 4.90 Å². The fourth-order valence-corrected chi connectivity index (χ4v) is 3.25. The third-order valence-electron chi connectivity index (χ3n) is 4.25. The van der Waals surface area contributed by atoms with Crippen LogP contribution in [-0.2, 0) is 14.4 Å². The van der Waals surface area contributed by atoms with Crippen molar-refractivity contribution < 1.29 is 14.4 Å². The summed E-state index contributed by atoms with van der Waals surface area (Å²) in [6.07, 6.45) is -0.926. The van der Waals surface area contributed by atoms with Gasteiger partial charge in [0.05, 0.1) is 5.69 Å². The van der Waals surface area contributed by atoms with Gasteiger partial charge in [-0.15, -0.1) is 0 Å².